The second kappa shape index (κ2) is 8.46. The highest BCUT2D eigenvalue weighted by atomic mass is 16.5. The van der Waals surface area contributed by atoms with E-state index in [1.807, 2.05) is 4.90 Å². The van der Waals surface area contributed by atoms with Crippen LogP contribution >= 0.6 is 0 Å². The van der Waals surface area contributed by atoms with Gasteiger partial charge in [-0.2, -0.15) is 0 Å². The number of aromatic nitrogens is 1. The summed E-state index contributed by atoms with van der Waals surface area (Å²) in [5.41, 5.74) is 0.371. The van der Waals surface area contributed by atoms with E-state index in [2.05, 4.69) is 36.4 Å². The lowest BCUT2D eigenvalue weighted by molar-refractivity contribution is -0.140. The summed E-state index contributed by atoms with van der Waals surface area (Å²) in [6.45, 7) is 2.81. The van der Waals surface area contributed by atoms with Crippen molar-refractivity contribution in [2.75, 3.05) is 20.6 Å². The molecule has 2 atom stereocenters. The summed E-state index contributed by atoms with van der Waals surface area (Å²) in [7, 11) is 4.25. The fourth-order valence-electron chi connectivity index (χ4n) is 4.92. The van der Waals surface area contributed by atoms with Gasteiger partial charge in [-0.3, -0.25) is 9.59 Å². The molecule has 0 aromatic carbocycles. The maximum Gasteiger partial charge on any atom is 0.273 e. The first-order chi connectivity index (χ1) is 13.9. The van der Waals surface area contributed by atoms with Crippen molar-refractivity contribution in [3.05, 3.63) is 17.5 Å². The van der Waals surface area contributed by atoms with E-state index in [-0.39, 0.29) is 23.9 Å². The number of hydrogen-bond acceptors (Lipinski definition) is 5. The number of carbonyl (C=O) groups is 2. The molecule has 3 fully saturated rings. The van der Waals surface area contributed by atoms with Gasteiger partial charge in [0, 0.05) is 42.6 Å². The molecule has 160 valence electrons. The standard InChI is InChI=1S/C22H34N4O3/c1-14-12-17(23-21(27)19-13-20(29-24-19)15-4-5-15)10-11-26(14)22(28)16-6-8-18(9-7-16)25(2)3/h13-18H,4-12H2,1-3H3,(H,23,27)/t14-,16-,17?,18-/m0/s1. The zero-order valence-electron chi connectivity index (χ0n) is 17.9. The van der Waals surface area contributed by atoms with Crippen LogP contribution in [0.2, 0.25) is 0 Å². The zero-order valence-corrected chi connectivity index (χ0v) is 17.9. The van der Waals surface area contributed by atoms with Gasteiger partial charge in [0.25, 0.3) is 5.91 Å². The van der Waals surface area contributed by atoms with Gasteiger partial charge in [0.05, 0.1) is 0 Å². The van der Waals surface area contributed by atoms with Gasteiger partial charge < -0.3 is 19.6 Å². The SMILES string of the molecule is C[C@H]1CC(NC(=O)c2cc(C3CC3)on2)CCN1C(=O)[C@H]1CC[C@H](N(C)C)CC1. The molecular formula is C22H34N4O3. The molecule has 0 radical (unpaired) electrons. The number of nitrogens with one attached hydrogen (secondary N) is 1. The third kappa shape index (κ3) is 4.65. The number of likely N-dealkylation sites (tertiary alicyclic amines) is 1. The van der Waals surface area contributed by atoms with Crippen LogP contribution < -0.4 is 5.32 Å². The molecule has 7 heteroatoms. The molecule has 2 amide bonds. The van der Waals surface area contributed by atoms with Crippen molar-refractivity contribution in [1.82, 2.24) is 20.3 Å². The lowest BCUT2D eigenvalue weighted by atomic mass is 9.83. The second-order valence-electron chi connectivity index (χ2n) is 9.43. The Balaban J connectivity index is 1.26. The highest BCUT2D eigenvalue weighted by Crippen LogP contribution is 2.40. The quantitative estimate of drug-likeness (QED) is 0.819. The van der Waals surface area contributed by atoms with E-state index in [0.717, 1.165) is 57.1 Å². The summed E-state index contributed by atoms with van der Waals surface area (Å²) in [6.07, 6.45) is 8.00. The van der Waals surface area contributed by atoms with Gasteiger partial charge in [-0.15, -0.1) is 0 Å². The molecule has 1 unspecified atom stereocenters. The molecule has 7 nitrogen and oxygen atoms in total. The monoisotopic (exact) mass is 402 g/mol. The van der Waals surface area contributed by atoms with Crippen molar-refractivity contribution in [3.8, 4) is 0 Å². The Bertz CT molecular complexity index is 734. The lowest BCUT2D eigenvalue weighted by Crippen LogP contribution is -2.52. The van der Waals surface area contributed by atoms with Gasteiger partial charge in [0.1, 0.15) is 5.76 Å². The Morgan fingerprint density at radius 3 is 2.48 bits per heavy atom. The second-order valence-corrected chi connectivity index (χ2v) is 9.43. The largest absolute Gasteiger partial charge is 0.360 e. The first kappa shape index (κ1) is 20.4. The van der Waals surface area contributed by atoms with Crippen LogP contribution in [0.5, 0.6) is 0 Å². The first-order valence-electron chi connectivity index (χ1n) is 11.2. The van der Waals surface area contributed by atoms with Crippen LogP contribution in [0.4, 0.5) is 0 Å². The molecule has 2 heterocycles. The lowest BCUT2D eigenvalue weighted by Gasteiger charge is -2.41. The normalized spacial score (nSPS) is 30.4. The fourth-order valence-corrected chi connectivity index (χ4v) is 4.92. The van der Waals surface area contributed by atoms with Crippen molar-refractivity contribution in [1.29, 1.82) is 0 Å². The molecule has 1 aliphatic heterocycles. The maximum atomic E-state index is 13.1. The van der Waals surface area contributed by atoms with E-state index >= 15 is 0 Å². The minimum Gasteiger partial charge on any atom is -0.360 e. The number of carbonyl (C=O) groups excluding carboxylic acids is 2. The average molecular weight is 403 g/mol. The molecular weight excluding hydrogens is 368 g/mol. The van der Waals surface area contributed by atoms with Crippen LogP contribution in [0, 0.1) is 5.92 Å². The number of hydrogen-bond donors (Lipinski definition) is 1. The van der Waals surface area contributed by atoms with Crippen LogP contribution in [0.1, 0.15) is 80.5 Å². The van der Waals surface area contributed by atoms with Gasteiger partial charge in [-0.05, 0) is 72.4 Å². The first-order valence-corrected chi connectivity index (χ1v) is 11.2. The smallest absolute Gasteiger partial charge is 0.273 e. The Hall–Kier alpha value is -1.89. The summed E-state index contributed by atoms with van der Waals surface area (Å²) in [6, 6.07) is 2.60. The molecule has 29 heavy (non-hydrogen) atoms. The third-order valence-corrected chi connectivity index (χ3v) is 7.01. The Morgan fingerprint density at radius 2 is 1.86 bits per heavy atom. The van der Waals surface area contributed by atoms with Crippen molar-refractivity contribution in [3.63, 3.8) is 0 Å². The van der Waals surface area contributed by atoms with E-state index in [4.69, 9.17) is 4.52 Å². The molecule has 4 rings (SSSR count). The van der Waals surface area contributed by atoms with Crippen molar-refractivity contribution < 1.29 is 14.1 Å². The highest BCUT2D eigenvalue weighted by Gasteiger charge is 2.36. The molecule has 1 N–H and O–H groups in total. The predicted octanol–water partition coefficient (Wildman–Crippen LogP) is 2.78. The van der Waals surface area contributed by atoms with Crippen LogP contribution in [0.15, 0.2) is 10.6 Å². The molecule has 0 spiro atoms. The fraction of sp³-hybridized carbons (Fsp3) is 0.773. The van der Waals surface area contributed by atoms with Crippen LogP contribution in [-0.2, 0) is 4.79 Å². The summed E-state index contributed by atoms with van der Waals surface area (Å²) in [4.78, 5) is 29.9. The van der Waals surface area contributed by atoms with Crippen LogP contribution in [0.25, 0.3) is 0 Å². The molecule has 2 aliphatic carbocycles. The minimum absolute atomic E-state index is 0.0760. The van der Waals surface area contributed by atoms with Gasteiger partial charge in [0.15, 0.2) is 5.69 Å². The number of amides is 2. The number of nitrogens with zero attached hydrogens (tertiary/aromatic N) is 3. The van der Waals surface area contributed by atoms with Gasteiger partial charge in [-0.25, -0.2) is 0 Å². The number of piperidine rings is 1. The van der Waals surface area contributed by atoms with Gasteiger partial charge in [-0.1, -0.05) is 5.16 Å². The van der Waals surface area contributed by atoms with E-state index in [1.54, 1.807) is 6.07 Å². The zero-order chi connectivity index (χ0) is 20.5. The van der Waals surface area contributed by atoms with Crippen molar-refractivity contribution in [2.24, 2.45) is 5.92 Å². The van der Waals surface area contributed by atoms with Crippen molar-refractivity contribution >= 4 is 11.8 Å². The van der Waals surface area contributed by atoms with E-state index in [1.165, 1.54) is 0 Å². The Kier molecular flexibility index (Phi) is 5.95. The Labute approximate surface area is 173 Å². The molecule has 1 saturated heterocycles. The molecule has 0 bridgehead atoms. The molecule has 3 aliphatic rings. The van der Waals surface area contributed by atoms with Crippen LogP contribution in [0.3, 0.4) is 0 Å². The van der Waals surface area contributed by atoms with E-state index < -0.39 is 0 Å². The molecule has 1 aromatic heterocycles. The topological polar surface area (TPSA) is 78.7 Å². The molecule has 1 aromatic rings. The van der Waals surface area contributed by atoms with Crippen LogP contribution in [-0.4, -0.2) is 65.5 Å². The maximum absolute atomic E-state index is 13.1. The Morgan fingerprint density at radius 1 is 1.14 bits per heavy atom. The van der Waals surface area contributed by atoms with Gasteiger partial charge >= 0.3 is 0 Å². The number of rotatable bonds is 5. The highest BCUT2D eigenvalue weighted by molar-refractivity contribution is 5.92. The summed E-state index contributed by atoms with van der Waals surface area (Å²) in [5, 5.41) is 7.02. The predicted molar refractivity (Wildman–Crippen MR) is 110 cm³/mol. The minimum atomic E-state index is -0.167. The van der Waals surface area contributed by atoms with Crippen molar-refractivity contribution in [2.45, 2.75) is 82.3 Å². The van der Waals surface area contributed by atoms with Gasteiger partial charge in [0.2, 0.25) is 5.91 Å². The molecule has 2 saturated carbocycles. The third-order valence-electron chi connectivity index (χ3n) is 7.01. The summed E-state index contributed by atoms with van der Waals surface area (Å²) >= 11 is 0. The average Bonchev–Trinajstić information content (AvgIpc) is 3.44. The van der Waals surface area contributed by atoms with E-state index in [9.17, 15) is 9.59 Å². The summed E-state index contributed by atoms with van der Waals surface area (Å²) in [5.74, 6) is 1.58. The van der Waals surface area contributed by atoms with E-state index in [0.29, 0.717) is 30.1 Å². The summed E-state index contributed by atoms with van der Waals surface area (Å²) < 4.78 is 5.29.